The van der Waals surface area contributed by atoms with E-state index in [-0.39, 0.29) is 0 Å². The molecule has 0 spiro atoms. The van der Waals surface area contributed by atoms with Crippen LogP contribution in [0.1, 0.15) is 5.56 Å². The molecule has 3 nitrogen and oxygen atoms in total. The number of nitrogens with zero attached hydrogens (tertiary/aromatic N) is 2. The fourth-order valence-corrected chi connectivity index (χ4v) is 3.78. The van der Waals surface area contributed by atoms with Gasteiger partial charge in [-0.1, -0.05) is 103 Å². The highest BCUT2D eigenvalue weighted by atomic mass is 14.9. The Bertz CT molecular complexity index is 1230. The number of hydrogen-bond acceptors (Lipinski definition) is 3. The second-order valence-electron chi connectivity index (χ2n) is 7.84. The van der Waals surface area contributed by atoms with Gasteiger partial charge in [-0.25, -0.2) is 9.97 Å². The van der Waals surface area contributed by atoms with Crippen LogP contribution in [0, 0.1) is 6.92 Å². The molecule has 0 atom stereocenters. The van der Waals surface area contributed by atoms with E-state index in [4.69, 9.17) is 15.7 Å². The lowest BCUT2D eigenvalue weighted by Crippen LogP contribution is -2.01. The summed E-state index contributed by atoms with van der Waals surface area (Å²) >= 11 is 0. The number of nitrogen functional groups attached to an aromatic ring is 1. The van der Waals surface area contributed by atoms with Crippen LogP contribution in [-0.2, 0) is 0 Å². The first kappa shape index (κ1) is 19.7. The van der Waals surface area contributed by atoms with E-state index in [2.05, 4.69) is 55.5 Å². The molecule has 0 fully saturated rings. The van der Waals surface area contributed by atoms with E-state index < -0.39 is 0 Å². The molecule has 5 rings (SSSR count). The van der Waals surface area contributed by atoms with Gasteiger partial charge in [0, 0.05) is 27.9 Å². The third-order valence-electron chi connectivity index (χ3n) is 5.50. The summed E-state index contributed by atoms with van der Waals surface area (Å²) in [6.07, 6.45) is 0. The van der Waals surface area contributed by atoms with Crippen molar-refractivity contribution in [2.24, 2.45) is 0 Å². The van der Waals surface area contributed by atoms with Crippen molar-refractivity contribution in [3.05, 3.63) is 115 Å². The lowest BCUT2D eigenvalue weighted by atomic mass is 9.99. The Labute approximate surface area is 188 Å². The van der Waals surface area contributed by atoms with Crippen LogP contribution in [0.3, 0.4) is 0 Å². The Kier molecular flexibility index (Phi) is 5.22. The molecule has 3 heteroatoms. The van der Waals surface area contributed by atoms with E-state index in [9.17, 15) is 0 Å². The van der Waals surface area contributed by atoms with Crippen molar-refractivity contribution < 1.29 is 0 Å². The molecule has 32 heavy (non-hydrogen) atoms. The Morgan fingerprint density at radius 2 is 0.781 bits per heavy atom. The second-order valence-corrected chi connectivity index (χ2v) is 7.84. The fourth-order valence-electron chi connectivity index (χ4n) is 3.78. The number of anilines is 1. The van der Waals surface area contributed by atoms with Crippen molar-refractivity contribution >= 4 is 5.69 Å². The summed E-state index contributed by atoms with van der Waals surface area (Å²) in [5.41, 5.74) is 15.4. The zero-order valence-electron chi connectivity index (χ0n) is 17.9. The monoisotopic (exact) mass is 413 g/mol. The molecule has 0 amide bonds. The Morgan fingerprint density at radius 3 is 1.19 bits per heavy atom. The Balaban J connectivity index is 1.83. The van der Waals surface area contributed by atoms with Gasteiger partial charge in [-0.05, 0) is 19.1 Å². The molecule has 0 saturated carbocycles. The van der Waals surface area contributed by atoms with Gasteiger partial charge in [-0.2, -0.15) is 0 Å². The average Bonchev–Trinajstić information content (AvgIpc) is 2.85. The smallest absolute Gasteiger partial charge is 0.0973 e. The number of hydrogen-bond donors (Lipinski definition) is 1. The van der Waals surface area contributed by atoms with E-state index in [1.807, 2.05) is 60.7 Å². The maximum Gasteiger partial charge on any atom is 0.0973 e. The third-order valence-corrected chi connectivity index (χ3v) is 5.50. The molecule has 0 bridgehead atoms. The van der Waals surface area contributed by atoms with Crippen LogP contribution in [0.4, 0.5) is 5.69 Å². The zero-order valence-corrected chi connectivity index (χ0v) is 17.9. The van der Waals surface area contributed by atoms with Crippen LogP contribution in [0.2, 0.25) is 0 Å². The summed E-state index contributed by atoms with van der Waals surface area (Å²) in [5, 5.41) is 0. The van der Waals surface area contributed by atoms with Crippen molar-refractivity contribution in [2.75, 3.05) is 5.73 Å². The highest BCUT2D eigenvalue weighted by molar-refractivity contribution is 5.86. The first-order valence-corrected chi connectivity index (χ1v) is 10.6. The van der Waals surface area contributed by atoms with Crippen LogP contribution in [0.15, 0.2) is 109 Å². The van der Waals surface area contributed by atoms with Gasteiger partial charge in [0.25, 0.3) is 0 Å². The second kappa shape index (κ2) is 8.48. The normalized spacial score (nSPS) is 10.8. The molecule has 0 saturated heterocycles. The van der Waals surface area contributed by atoms with Gasteiger partial charge in [0.15, 0.2) is 0 Å². The summed E-state index contributed by atoms with van der Waals surface area (Å²) in [6, 6.07) is 36.7. The summed E-state index contributed by atoms with van der Waals surface area (Å²) in [5.74, 6) is 0. The molecule has 1 aromatic heterocycles. The van der Waals surface area contributed by atoms with Crippen LogP contribution >= 0.6 is 0 Å². The molecule has 1 heterocycles. The highest BCUT2D eigenvalue weighted by Crippen LogP contribution is 2.37. The van der Waals surface area contributed by atoms with Crippen molar-refractivity contribution in [3.8, 4) is 45.0 Å². The van der Waals surface area contributed by atoms with Crippen LogP contribution in [0.25, 0.3) is 45.0 Å². The maximum atomic E-state index is 5.96. The summed E-state index contributed by atoms with van der Waals surface area (Å²) < 4.78 is 0. The van der Waals surface area contributed by atoms with Crippen molar-refractivity contribution in [2.45, 2.75) is 6.92 Å². The summed E-state index contributed by atoms with van der Waals surface area (Å²) in [6.45, 7) is 2.09. The van der Waals surface area contributed by atoms with Gasteiger partial charge in [0.1, 0.15) is 0 Å². The van der Waals surface area contributed by atoms with Crippen LogP contribution in [0.5, 0.6) is 0 Å². The van der Waals surface area contributed by atoms with E-state index in [1.54, 1.807) is 0 Å². The van der Waals surface area contributed by atoms with Gasteiger partial charge in [0.2, 0.25) is 0 Å². The minimum Gasteiger partial charge on any atom is -0.399 e. The fraction of sp³-hybridized carbons (Fsp3) is 0.0345. The van der Waals surface area contributed by atoms with Gasteiger partial charge in [-0.3, -0.25) is 0 Å². The SMILES string of the molecule is Cc1ccc(-c2nc(-c3ccccc3)c(-c3ccccc3)nc2-c2ccc(N)cc2)cc1. The number of aryl methyl sites for hydroxylation is 1. The van der Waals surface area contributed by atoms with E-state index in [1.165, 1.54) is 5.56 Å². The van der Waals surface area contributed by atoms with Crippen molar-refractivity contribution in [1.82, 2.24) is 9.97 Å². The van der Waals surface area contributed by atoms with Gasteiger partial charge in [-0.15, -0.1) is 0 Å². The lowest BCUT2D eigenvalue weighted by molar-refractivity contribution is 1.21. The zero-order chi connectivity index (χ0) is 21.9. The van der Waals surface area contributed by atoms with Crippen molar-refractivity contribution in [3.63, 3.8) is 0 Å². The number of benzene rings is 4. The molecular formula is C29H23N3. The Hall–Kier alpha value is -4.24. The van der Waals surface area contributed by atoms with Gasteiger partial charge < -0.3 is 5.73 Å². The lowest BCUT2D eigenvalue weighted by Gasteiger charge is -2.16. The molecular weight excluding hydrogens is 390 g/mol. The summed E-state index contributed by atoms with van der Waals surface area (Å²) in [7, 11) is 0. The molecule has 0 aliphatic rings. The molecule has 0 radical (unpaired) electrons. The third kappa shape index (κ3) is 3.88. The molecule has 0 aliphatic heterocycles. The van der Waals surface area contributed by atoms with Crippen LogP contribution in [-0.4, -0.2) is 9.97 Å². The van der Waals surface area contributed by atoms with Gasteiger partial charge >= 0.3 is 0 Å². The molecule has 5 aromatic rings. The minimum atomic E-state index is 0.725. The first-order chi connectivity index (χ1) is 15.7. The van der Waals surface area contributed by atoms with Crippen molar-refractivity contribution in [1.29, 1.82) is 0 Å². The molecule has 0 aliphatic carbocycles. The standard InChI is InChI=1S/C29H23N3/c1-20-12-14-23(15-13-20)28-29(24-16-18-25(30)19-17-24)32-27(22-10-6-3-7-11-22)26(31-28)21-8-4-2-5-9-21/h2-19H,30H2,1H3. The Morgan fingerprint density at radius 1 is 0.438 bits per heavy atom. The molecule has 154 valence electrons. The average molecular weight is 414 g/mol. The topological polar surface area (TPSA) is 51.8 Å². The van der Waals surface area contributed by atoms with E-state index in [0.29, 0.717) is 0 Å². The number of nitrogens with two attached hydrogens (primary N) is 1. The highest BCUT2D eigenvalue weighted by Gasteiger charge is 2.19. The first-order valence-electron chi connectivity index (χ1n) is 10.6. The van der Waals surface area contributed by atoms with Gasteiger partial charge in [0.05, 0.1) is 22.8 Å². The van der Waals surface area contributed by atoms with E-state index >= 15 is 0 Å². The predicted octanol–water partition coefficient (Wildman–Crippen LogP) is 7.04. The molecule has 2 N–H and O–H groups in total. The molecule has 0 unspecified atom stereocenters. The quantitative estimate of drug-likeness (QED) is 0.322. The number of aromatic nitrogens is 2. The van der Waals surface area contributed by atoms with E-state index in [0.717, 1.165) is 50.7 Å². The van der Waals surface area contributed by atoms with Crippen LogP contribution < -0.4 is 5.73 Å². The minimum absolute atomic E-state index is 0.725. The largest absolute Gasteiger partial charge is 0.399 e. The molecule has 4 aromatic carbocycles. The maximum absolute atomic E-state index is 5.96. The summed E-state index contributed by atoms with van der Waals surface area (Å²) in [4.78, 5) is 10.4. The number of rotatable bonds is 4. The predicted molar refractivity (Wildman–Crippen MR) is 133 cm³/mol.